The zero-order valence-electron chi connectivity index (χ0n) is 18.9. The molecule has 9 heteroatoms. The highest BCUT2D eigenvalue weighted by atomic mass is 32.2. The van der Waals surface area contributed by atoms with Gasteiger partial charge in [0.15, 0.2) is 6.61 Å². The molecule has 1 fully saturated rings. The van der Waals surface area contributed by atoms with Crippen LogP contribution in [0.5, 0.6) is 5.75 Å². The Morgan fingerprint density at radius 1 is 1.09 bits per heavy atom. The Morgan fingerprint density at radius 3 is 2.48 bits per heavy atom. The van der Waals surface area contributed by atoms with Crippen molar-refractivity contribution in [2.45, 2.75) is 31.7 Å². The maximum atomic E-state index is 13.3. The van der Waals surface area contributed by atoms with Crippen LogP contribution in [-0.4, -0.2) is 50.8 Å². The molecule has 0 saturated carbocycles. The Bertz CT molecular complexity index is 1130. The number of nitrogens with zero attached hydrogens (tertiary/aromatic N) is 2. The highest BCUT2D eigenvalue weighted by Crippen LogP contribution is 2.36. The average molecular weight is 472 g/mol. The molecule has 33 heavy (non-hydrogen) atoms. The number of benzene rings is 2. The van der Waals surface area contributed by atoms with Crippen LogP contribution in [-0.2, 0) is 26.2 Å². The number of hydrogen-bond acceptors (Lipinski definition) is 5. The van der Waals surface area contributed by atoms with Crippen molar-refractivity contribution < 1.29 is 22.7 Å². The molecular weight excluding hydrogens is 442 g/mol. The van der Waals surface area contributed by atoms with Crippen LogP contribution in [0.15, 0.2) is 53.4 Å². The van der Waals surface area contributed by atoms with Crippen LogP contribution in [0.4, 0.5) is 5.69 Å². The smallest absolute Gasteiger partial charge is 0.265 e. The van der Waals surface area contributed by atoms with Gasteiger partial charge in [-0.2, -0.15) is 4.31 Å². The van der Waals surface area contributed by atoms with Crippen molar-refractivity contribution in [1.82, 2.24) is 9.62 Å². The summed E-state index contributed by atoms with van der Waals surface area (Å²) in [5.41, 5.74) is 1.23. The average Bonchev–Trinajstić information content (AvgIpc) is 2.79. The molecule has 2 aromatic carbocycles. The predicted octanol–water partition coefficient (Wildman–Crippen LogP) is 2.40. The van der Waals surface area contributed by atoms with Gasteiger partial charge in [-0.05, 0) is 42.0 Å². The lowest BCUT2D eigenvalue weighted by molar-refractivity contribution is -0.125. The van der Waals surface area contributed by atoms with Crippen LogP contribution in [0.2, 0.25) is 0 Å². The van der Waals surface area contributed by atoms with Crippen LogP contribution in [0.1, 0.15) is 25.8 Å². The summed E-state index contributed by atoms with van der Waals surface area (Å²) in [6.45, 7) is 4.94. The SMILES string of the molecule is C[C@@H]1C[C@@H](C)CN(S(=O)(=O)c2ccc3c(c2)N(CC(=O)NCc2ccccc2)C(=O)CO3)C1. The molecule has 0 radical (unpaired) electrons. The second-order valence-electron chi connectivity index (χ2n) is 8.93. The number of carbonyl (C=O) groups excluding carboxylic acids is 2. The van der Waals surface area contributed by atoms with Crippen molar-refractivity contribution in [2.24, 2.45) is 11.8 Å². The number of ether oxygens (including phenoxy) is 1. The standard InChI is InChI=1S/C24H29N3O5S/c1-17-10-18(2)14-26(13-17)33(30,31)20-8-9-22-21(11-20)27(24(29)16-32-22)15-23(28)25-12-19-6-4-3-5-7-19/h3-9,11,17-18H,10,12-16H2,1-2H3,(H,25,28)/t17-,18-/m1/s1. The van der Waals surface area contributed by atoms with E-state index in [0.717, 1.165) is 12.0 Å². The first kappa shape index (κ1) is 23.3. The summed E-state index contributed by atoms with van der Waals surface area (Å²) >= 11 is 0. The molecule has 176 valence electrons. The van der Waals surface area contributed by atoms with Crippen LogP contribution < -0.4 is 15.0 Å². The number of carbonyl (C=O) groups is 2. The van der Waals surface area contributed by atoms with E-state index in [-0.39, 0.29) is 35.8 Å². The fourth-order valence-electron chi connectivity index (χ4n) is 4.46. The first-order chi connectivity index (χ1) is 15.7. The highest BCUT2D eigenvalue weighted by molar-refractivity contribution is 7.89. The fourth-order valence-corrected chi connectivity index (χ4v) is 6.16. The maximum absolute atomic E-state index is 13.3. The molecule has 2 aromatic rings. The molecule has 0 bridgehead atoms. The number of rotatable bonds is 6. The predicted molar refractivity (Wildman–Crippen MR) is 124 cm³/mol. The van der Waals surface area contributed by atoms with E-state index in [9.17, 15) is 18.0 Å². The van der Waals surface area contributed by atoms with Crippen LogP contribution in [0.3, 0.4) is 0 Å². The molecule has 8 nitrogen and oxygen atoms in total. The summed E-state index contributed by atoms with van der Waals surface area (Å²) in [5.74, 6) is 0.190. The number of anilines is 1. The minimum atomic E-state index is -3.74. The van der Waals surface area contributed by atoms with Gasteiger partial charge in [0.1, 0.15) is 12.3 Å². The zero-order chi connectivity index (χ0) is 23.6. The van der Waals surface area contributed by atoms with E-state index in [1.165, 1.54) is 21.3 Å². The monoisotopic (exact) mass is 471 g/mol. The highest BCUT2D eigenvalue weighted by Gasteiger charge is 2.34. The first-order valence-corrected chi connectivity index (χ1v) is 12.6. The van der Waals surface area contributed by atoms with Gasteiger partial charge in [0.2, 0.25) is 15.9 Å². The molecule has 2 atom stereocenters. The van der Waals surface area contributed by atoms with E-state index in [1.54, 1.807) is 6.07 Å². The van der Waals surface area contributed by atoms with Crippen molar-refractivity contribution in [3.8, 4) is 5.75 Å². The third kappa shape index (κ3) is 5.20. The second kappa shape index (κ2) is 9.52. The number of nitrogens with one attached hydrogen (secondary N) is 1. The van der Waals surface area contributed by atoms with Gasteiger partial charge in [0, 0.05) is 19.6 Å². The molecule has 0 aliphatic carbocycles. The van der Waals surface area contributed by atoms with Crippen molar-refractivity contribution >= 4 is 27.5 Å². The number of amides is 2. The minimum Gasteiger partial charge on any atom is -0.482 e. The van der Waals surface area contributed by atoms with Crippen LogP contribution >= 0.6 is 0 Å². The normalized spacial score (nSPS) is 21.3. The Balaban J connectivity index is 1.54. The molecule has 1 N–H and O–H groups in total. The van der Waals surface area contributed by atoms with E-state index in [0.29, 0.717) is 31.1 Å². The second-order valence-corrected chi connectivity index (χ2v) is 10.9. The van der Waals surface area contributed by atoms with Gasteiger partial charge in [0.25, 0.3) is 5.91 Å². The van der Waals surface area contributed by atoms with Gasteiger partial charge in [0.05, 0.1) is 10.6 Å². The van der Waals surface area contributed by atoms with Crippen molar-refractivity contribution in [2.75, 3.05) is 31.1 Å². The molecule has 2 heterocycles. The fraction of sp³-hybridized carbons (Fsp3) is 0.417. The lowest BCUT2D eigenvalue weighted by Gasteiger charge is -2.34. The molecule has 2 aliphatic heterocycles. The number of fused-ring (bicyclic) bond motifs is 1. The van der Waals surface area contributed by atoms with Gasteiger partial charge in [-0.3, -0.25) is 14.5 Å². The summed E-state index contributed by atoms with van der Waals surface area (Å²) in [4.78, 5) is 26.5. The molecule has 1 saturated heterocycles. The van der Waals surface area contributed by atoms with Crippen molar-refractivity contribution in [1.29, 1.82) is 0 Å². The molecular formula is C24H29N3O5S. The van der Waals surface area contributed by atoms with Gasteiger partial charge in [-0.15, -0.1) is 0 Å². The van der Waals surface area contributed by atoms with Crippen LogP contribution in [0.25, 0.3) is 0 Å². The molecule has 2 aliphatic rings. The molecule has 0 unspecified atom stereocenters. The van der Waals surface area contributed by atoms with E-state index in [2.05, 4.69) is 5.32 Å². The van der Waals surface area contributed by atoms with E-state index < -0.39 is 15.9 Å². The third-order valence-corrected chi connectivity index (χ3v) is 7.81. The summed E-state index contributed by atoms with van der Waals surface area (Å²) in [5, 5.41) is 2.80. The molecule has 2 amide bonds. The van der Waals surface area contributed by atoms with Crippen LogP contribution in [0, 0.1) is 11.8 Å². The summed E-state index contributed by atoms with van der Waals surface area (Å²) in [6.07, 6.45) is 0.990. The van der Waals surface area contributed by atoms with Gasteiger partial charge in [-0.25, -0.2) is 8.42 Å². The van der Waals surface area contributed by atoms with E-state index in [4.69, 9.17) is 4.74 Å². The minimum absolute atomic E-state index is 0.0931. The summed E-state index contributed by atoms with van der Waals surface area (Å²) in [6, 6.07) is 14.0. The largest absolute Gasteiger partial charge is 0.482 e. The third-order valence-electron chi connectivity index (χ3n) is 5.98. The molecule has 0 spiro atoms. The van der Waals surface area contributed by atoms with E-state index >= 15 is 0 Å². The van der Waals surface area contributed by atoms with Gasteiger partial charge < -0.3 is 10.1 Å². The Labute approximate surface area is 194 Å². The summed E-state index contributed by atoms with van der Waals surface area (Å²) < 4.78 is 33.7. The first-order valence-electron chi connectivity index (χ1n) is 11.1. The van der Waals surface area contributed by atoms with Crippen molar-refractivity contribution in [3.63, 3.8) is 0 Å². The molecule has 0 aromatic heterocycles. The van der Waals surface area contributed by atoms with Crippen molar-refractivity contribution in [3.05, 3.63) is 54.1 Å². The quantitative estimate of drug-likeness (QED) is 0.698. The number of sulfonamides is 1. The Hall–Kier alpha value is -2.91. The zero-order valence-corrected chi connectivity index (χ0v) is 19.7. The van der Waals surface area contributed by atoms with E-state index in [1.807, 2.05) is 44.2 Å². The Kier molecular flexibility index (Phi) is 6.71. The number of hydrogen-bond donors (Lipinski definition) is 1. The summed E-state index contributed by atoms with van der Waals surface area (Å²) in [7, 11) is -3.74. The van der Waals surface area contributed by atoms with Gasteiger partial charge >= 0.3 is 0 Å². The van der Waals surface area contributed by atoms with Gasteiger partial charge in [-0.1, -0.05) is 44.2 Å². The molecule has 4 rings (SSSR count). The maximum Gasteiger partial charge on any atom is 0.265 e. The number of piperidine rings is 1. The lowest BCUT2D eigenvalue weighted by Crippen LogP contribution is -2.45. The topological polar surface area (TPSA) is 96.0 Å². The Morgan fingerprint density at radius 2 is 1.79 bits per heavy atom. The lowest BCUT2D eigenvalue weighted by atomic mass is 9.94.